The van der Waals surface area contributed by atoms with Crippen molar-refractivity contribution in [2.75, 3.05) is 0 Å². The Balaban J connectivity index is 1.14. The number of hydrogen-bond acceptors (Lipinski definition) is 4. The Bertz CT molecular complexity index is 1590. The first-order valence-corrected chi connectivity index (χ1v) is 11.8. The molecule has 0 aliphatic rings. The Morgan fingerprint density at radius 1 is 0.444 bits per heavy atom. The SMILES string of the molecule is C(=N\c1ccc2ccccc2c1)/c1ccc(-c2ccc(/C=N/c3ccc4ccccc4c3)cn2)nc1. The van der Waals surface area contributed by atoms with Gasteiger partial charge >= 0.3 is 0 Å². The number of benzene rings is 4. The fourth-order valence-electron chi connectivity index (χ4n) is 4.08. The summed E-state index contributed by atoms with van der Waals surface area (Å²) in [6, 6.07) is 36.9. The van der Waals surface area contributed by atoms with Gasteiger partial charge in [0.05, 0.1) is 22.8 Å². The van der Waals surface area contributed by atoms with Gasteiger partial charge in [-0.25, -0.2) is 0 Å². The number of aliphatic imine (C=N–C) groups is 2. The lowest BCUT2D eigenvalue weighted by Crippen LogP contribution is -1.91. The third-order valence-electron chi connectivity index (χ3n) is 6.03. The molecule has 0 radical (unpaired) electrons. The van der Waals surface area contributed by atoms with Gasteiger partial charge in [0, 0.05) is 35.9 Å². The van der Waals surface area contributed by atoms with Crippen LogP contribution in [0.1, 0.15) is 11.1 Å². The summed E-state index contributed by atoms with van der Waals surface area (Å²) in [7, 11) is 0. The molecule has 0 spiro atoms. The number of aromatic nitrogens is 2. The molecule has 2 aromatic heterocycles. The van der Waals surface area contributed by atoms with Crippen molar-refractivity contribution < 1.29 is 0 Å². The third-order valence-corrected chi connectivity index (χ3v) is 6.03. The monoisotopic (exact) mass is 462 g/mol. The van der Waals surface area contributed by atoms with Crippen molar-refractivity contribution in [1.29, 1.82) is 0 Å². The molecule has 0 fully saturated rings. The molecule has 170 valence electrons. The molecule has 6 rings (SSSR count). The van der Waals surface area contributed by atoms with Crippen LogP contribution >= 0.6 is 0 Å². The molecule has 0 bridgehead atoms. The van der Waals surface area contributed by atoms with Crippen molar-refractivity contribution in [1.82, 2.24) is 9.97 Å². The average Bonchev–Trinajstić information content (AvgIpc) is 2.95. The molecule has 2 heterocycles. The lowest BCUT2D eigenvalue weighted by Gasteiger charge is -2.02. The van der Waals surface area contributed by atoms with E-state index in [4.69, 9.17) is 0 Å². The minimum absolute atomic E-state index is 0.816. The number of hydrogen-bond donors (Lipinski definition) is 0. The Morgan fingerprint density at radius 3 is 1.31 bits per heavy atom. The fourth-order valence-corrected chi connectivity index (χ4v) is 4.08. The first kappa shape index (κ1) is 21.6. The van der Waals surface area contributed by atoms with Gasteiger partial charge in [-0.05, 0) is 70.1 Å². The Labute approximate surface area is 209 Å². The predicted octanol–water partition coefficient (Wildman–Crippen LogP) is 7.95. The van der Waals surface area contributed by atoms with Crippen LogP contribution in [0.2, 0.25) is 0 Å². The van der Waals surface area contributed by atoms with Crippen LogP contribution in [0.15, 0.2) is 132 Å². The van der Waals surface area contributed by atoms with Crippen molar-refractivity contribution in [2.24, 2.45) is 9.98 Å². The first-order valence-electron chi connectivity index (χ1n) is 11.8. The van der Waals surface area contributed by atoms with Gasteiger partial charge in [0.25, 0.3) is 0 Å². The predicted molar refractivity (Wildman–Crippen MR) is 150 cm³/mol. The van der Waals surface area contributed by atoms with Gasteiger partial charge in [0.2, 0.25) is 0 Å². The van der Waals surface area contributed by atoms with Crippen LogP contribution in [0.25, 0.3) is 32.9 Å². The van der Waals surface area contributed by atoms with E-state index in [1.165, 1.54) is 21.5 Å². The van der Waals surface area contributed by atoms with Gasteiger partial charge in [-0.1, -0.05) is 60.7 Å². The van der Waals surface area contributed by atoms with E-state index in [1.54, 1.807) is 0 Å². The minimum Gasteiger partial charge on any atom is -0.256 e. The lowest BCUT2D eigenvalue weighted by atomic mass is 10.1. The normalized spacial score (nSPS) is 11.7. The summed E-state index contributed by atoms with van der Waals surface area (Å²) in [4.78, 5) is 18.4. The maximum Gasteiger partial charge on any atom is 0.0886 e. The molecular formula is C32H22N4. The molecule has 4 aromatic carbocycles. The molecule has 0 saturated carbocycles. The van der Waals surface area contributed by atoms with Gasteiger partial charge in [-0.3, -0.25) is 20.0 Å². The quantitative estimate of drug-likeness (QED) is 0.244. The molecule has 0 N–H and O–H groups in total. The highest BCUT2D eigenvalue weighted by Gasteiger charge is 2.02. The largest absolute Gasteiger partial charge is 0.256 e. The Morgan fingerprint density at radius 2 is 0.889 bits per heavy atom. The summed E-state index contributed by atoms with van der Waals surface area (Å²) in [6.45, 7) is 0. The molecular weight excluding hydrogens is 440 g/mol. The molecule has 0 aliphatic carbocycles. The minimum atomic E-state index is 0.816. The van der Waals surface area contributed by atoms with Gasteiger partial charge in [0.1, 0.15) is 0 Å². The zero-order chi connectivity index (χ0) is 24.2. The first-order chi connectivity index (χ1) is 17.8. The zero-order valence-corrected chi connectivity index (χ0v) is 19.5. The number of rotatable bonds is 5. The van der Waals surface area contributed by atoms with E-state index in [2.05, 4.69) is 68.5 Å². The van der Waals surface area contributed by atoms with E-state index in [1.807, 2.05) is 85.5 Å². The van der Waals surface area contributed by atoms with Crippen molar-refractivity contribution in [3.05, 3.63) is 133 Å². The molecule has 36 heavy (non-hydrogen) atoms. The summed E-state index contributed by atoms with van der Waals surface area (Å²) in [5.74, 6) is 0. The van der Waals surface area contributed by atoms with E-state index in [0.29, 0.717) is 0 Å². The van der Waals surface area contributed by atoms with E-state index < -0.39 is 0 Å². The van der Waals surface area contributed by atoms with Gasteiger partial charge in [0.15, 0.2) is 0 Å². The summed E-state index contributed by atoms with van der Waals surface area (Å²) >= 11 is 0. The van der Waals surface area contributed by atoms with Gasteiger partial charge in [-0.2, -0.15) is 0 Å². The molecule has 0 unspecified atom stereocenters. The van der Waals surface area contributed by atoms with Crippen molar-refractivity contribution in [3.8, 4) is 11.4 Å². The topological polar surface area (TPSA) is 50.5 Å². The number of nitrogens with zero attached hydrogens (tertiary/aromatic N) is 4. The highest BCUT2D eigenvalue weighted by atomic mass is 14.8. The van der Waals surface area contributed by atoms with Crippen molar-refractivity contribution >= 4 is 45.3 Å². The molecule has 4 heteroatoms. The van der Waals surface area contributed by atoms with Crippen LogP contribution in [0.5, 0.6) is 0 Å². The van der Waals surface area contributed by atoms with E-state index >= 15 is 0 Å². The van der Waals surface area contributed by atoms with Crippen LogP contribution < -0.4 is 0 Å². The number of pyridine rings is 2. The van der Waals surface area contributed by atoms with Crippen LogP contribution in [0.3, 0.4) is 0 Å². The number of fused-ring (bicyclic) bond motifs is 2. The Hall–Kier alpha value is -4.96. The summed E-state index contributed by atoms with van der Waals surface area (Å²) in [6.07, 6.45) is 7.30. The third kappa shape index (κ3) is 4.79. The van der Waals surface area contributed by atoms with Gasteiger partial charge < -0.3 is 0 Å². The molecule has 0 amide bonds. The van der Waals surface area contributed by atoms with Crippen LogP contribution in [-0.2, 0) is 0 Å². The molecule has 4 nitrogen and oxygen atoms in total. The smallest absolute Gasteiger partial charge is 0.0886 e. The highest BCUT2D eigenvalue weighted by molar-refractivity contribution is 5.89. The molecule has 0 saturated heterocycles. The lowest BCUT2D eigenvalue weighted by molar-refractivity contribution is 1.24. The second-order valence-electron chi connectivity index (χ2n) is 8.53. The molecule has 0 atom stereocenters. The van der Waals surface area contributed by atoms with Crippen molar-refractivity contribution in [3.63, 3.8) is 0 Å². The van der Waals surface area contributed by atoms with Crippen LogP contribution in [0, 0.1) is 0 Å². The second-order valence-corrected chi connectivity index (χ2v) is 8.53. The summed E-state index contributed by atoms with van der Waals surface area (Å²) < 4.78 is 0. The maximum atomic E-state index is 4.61. The Kier molecular flexibility index (Phi) is 5.83. The van der Waals surface area contributed by atoms with Crippen molar-refractivity contribution in [2.45, 2.75) is 0 Å². The second kappa shape index (κ2) is 9.72. The zero-order valence-electron chi connectivity index (χ0n) is 19.5. The van der Waals surface area contributed by atoms with E-state index in [-0.39, 0.29) is 0 Å². The molecule has 6 aromatic rings. The average molecular weight is 463 g/mol. The summed E-state index contributed by atoms with van der Waals surface area (Å²) in [5, 5.41) is 4.77. The standard InChI is InChI=1S/C32H22N4/c1-3-7-27-17-29(13-11-25(27)5-1)33-19-23-9-15-31(35-21-23)32-16-10-24(22-36-32)20-34-30-14-12-26-6-2-4-8-28(26)18-30/h1-22H/b33-19+,34-20+. The van der Waals surface area contributed by atoms with Gasteiger partial charge in [-0.15, -0.1) is 0 Å². The molecule has 0 aliphatic heterocycles. The fraction of sp³-hybridized carbons (Fsp3) is 0. The van der Waals surface area contributed by atoms with E-state index in [0.717, 1.165) is 33.9 Å². The maximum absolute atomic E-state index is 4.61. The highest BCUT2D eigenvalue weighted by Crippen LogP contribution is 2.22. The summed E-state index contributed by atoms with van der Waals surface area (Å²) in [5.41, 5.74) is 5.34. The van der Waals surface area contributed by atoms with Crippen LogP contribution in [-0.4, -0.2) is 22.4 Å². The van der Waals surface area contributed by atoms with Crippen LogP contribution in [0.4, 0.5) is 11.4 Å². The van der Waals surface area contributed by atoms with E-state index in [9.17, 15) is 0 Å².